The predicted molar refractivity (Wildman–Crippen MR) is 125 cm³/mol. The molecule has 3 aromatic rings. The Labute approximate surface area is 189 Å². The summed E-state index contributed by atoms with van der Waals surface area (Å²) in [6.45, 7) is 2.94. The maximum absolute atomic E-state index is 13.3. The molecular weight excluding hydrogens is 404 g/mol. The molecule has 0 saturated carbocycles. The molecule has 0 heterocycles. The van der Waals surface area contributed by atoms with E-state index >= 15 is 0 Å². The monoisotopic (exact) mass is 434 g/mol. The molecule has 0 saturated heterocycles. The van der Waals surface area contributed by atoms with E-state index in [9.17, 15) is 4.79 Å². The normalized spacial score (nSPS) is 11.4. The summed E-state index contributed by atoms with van der Waals surface area (Å²) in [4.78, 5) is 15.1. The topological polar surface area (TPSA) is 60.0 Å². The van der Waals surface area contributed by atoms with Crippen molar-refractivity contribution in [2.45, 2.75) is 26.1 Å². The Bertz CT molecular complexity index is 942. The lowest BCUT2D eigenvalue weighted by Gasteiger charge is -2.26. The van der Waals surface area contributed by atoms with E-state index in [1.54, 1.807) is 26.2 Å². The van der Waals surface area contributed by atoms with Crippen LogP contribution in [0.4, 0.5) is 4.79 Å². The summed E-state index contributed by atoms with van der Waals surface area (Å²) >= 11 is 0. The fourth-order valence-electron chi connectivity index (χ4n) is 3.52. The van der Waals surface area contributed by atoms with Gasteiger partial charge in [0.25, 0.3) is 0 Å². The number of ether oxygens (including phenoxy) is 3. The van der Waals surface area contributed by atoms with Gasteiger partial charge in [-0.2, -0.15) is 0 Å². The van der Waals surface area contributed by atoms with Crippen molar-refractivity contribution in [3.63, 3.8) is 0 Å². The fourth-order valence-corrected chi connectivity index (χ4v) is 3.52. The number of hydrogen-bond donors (Lipinski definition) is 1. The molecule has 3 rings (SSSR count). The fraction of sp³-hybridized carbons (Fsp3) is 0.269. The van der Waals surface area contributed by atoms with Crippen LogP contribution in [0.2, 0.25) is 0 Å². The van der Waals surface area contributed by atoms with Gasteiger partial charge < -0.3 is 24.4 Å². The zero-order valence-corrected chi connectivity index (χ0v) is 19.0. The maximum Gasteiger partial charge on any atom is 0.318 e. The maximum atomic E-state index is 13.3. The number of nitrogens with one attached hydrogen (secondary N) is 1. The van der Waals surface area contributed by atoms with Crippen LogP contribution in [0.25, 0.3) is 0 Å². The Morgan fingerprint density at radius 2 is 1.28 bits per heavy atom. The molecule has 0 radical (unpaired) electrons. The third-order valence-corrected chi connectivity index (χ3v) is 5.25. The van der Waals surface area contributed by atoms with Crippen LogP contribution < -0.4 is 19.5 Å². The minimum atomic E-state index is -0.273. The van der Waals surface area contributed by atoms with Gasteiger partial charge in [-0.15, -0.1) is 0 Å². The van der Waals surface area contributed by atoms with Crippen molar-refractivity contribution in [2.75, 3.05) is 21.3 Å². The standard InChI is InChI=1S/C26H30N2O4/c1-19(22-15-23(30-2)25(32-4)24(16-22)31-3)27-26(29)28(17-20-11-7-5-8-12-20)18-21-13-9-6-10-14-21/h5-16,19H,17-18H2,1-4H3,(H,27,29). The molecule has 6 heteroatoms. The summed E-state index contributed by atoms with van der Waals surface area (Å²) in [5, 5.41) is 3.11. The molecule has 1 unspecified atom stereocenters. The van der Waals surface area contributed by atoms with Gasteiger partial charge in [-0.25, -0.2) is 4.79 Å². The van der Waals surface area contributed by atoms with E-state index in [-0.39, 0.29) is 12.1 Å². The van der Waals surface area contributed by atoms with Gasteiger partial charge in [0.2, 0.25) is 5.75 Å². The summed E-state index contributed by atoms with van der Waals surface area (Å²) in [6.07, 6.45) is 0. The summed E-state index contributed by atoms with van der Waals surface area (Å²) in [5.41, 5.74) is 2.99. The third-order valence-electron chi connectivity index (χ3n) is 5.25. The van der Waals surface area contributed by atoms with Crippen molar-refractivity contribution in [2.24, 2.45) is 0 Å². The molecule has 3 aromatic carbocycles. The van der Waals surface area contributed by atoms with E-state index in [1.807, 2.05) is 79.7 Å². The summed E-state index contributed by atoms with van der Waals surface area (Å²) < 4.78 is 16.3. The first-order valence-electron chi connectivity index (χ1n) is 10.5. The molecule has 0 aliphatic rings. The number of methoxy groups -OCH3 is 3. The van der Waals surface area contributed by atoms with Crippen LogP contribution >= 0.6 is 0 Å². The summed E-state index contributed by atoms with van der Waals surface area (Å²) in [7, 11) is 4.72. The molecule has 0 aromatic heterocycles. The van der Waals surface area contributed by atoms with Crippen LogP contribution in [0.1, 0.15) is 29.7 Å². The predicted octanol–water partition coefficient (Wildman–Crippen LogP) is 5.19. The average Bonchev–Trinajstić information content (AvgIpc) is 2.83. The Balaban J connectivity index is 1.81. The molecular formula is C26H30N2O4. The molecule has 0 spiro atoms. The first-order valence-corrected chi connectivity index (χ1v) is 10.5. The molecule has 168 valence electrons. The van der Waals surface area contributed by atoms with Gasteiger partial charge in [-0.1, -0.05) is 60.7 Å². The van der Waals surface area contributed by atoms with Gasteiger partial charge in [0.1, 0.15) is 0 Å². The second-order valence-corrected chi connectivity index (χ2v) is 7.46. The van der Waals surface area contributed by atoms with Crippen LogP contribution in [0.5, 0.6) is 17.2 Å². The van der Waals surface area contributed by atoms with E-state index < -0.39 is 0 Å². The number of rotatable bonds is 9. The van der Waals surface area contributed by atoms with Crippen molar-refractivity contribution >= 4 is 6.03 Å². The minimum absolute atomic E-state index is 0.154. The second-order valence-electron chi connectivity index (χ2n) is 7.46. The van der Waals surface area contributed by atoms with Crippen LogP contribution in [0.3, 0.4) is 0 Å². The van der Waals surface area contributed by atoms with Crippen LogP contribution in [-0.4, -0.2) is 32.3 Å². The average molecular weight is 435 g/mol. The highest BCUT2D eigenvalue weighted by Crippen LogP contribution is 2.39. The summed E-state index contributed by atoms with van der Waals surface area (Å²) in [5.74, 6) is 1.62. The number of nitrogens with zero attached hydrogens (tertiary/aromatic N) is 1. The van der Waals surface area contributed by atoms with Crippen molar-refractivity contribution in [3.05, 3.63) is 89.5 Å². The Morgan fingerprint density at radius 3 is 1.69 bits per heavy atom. The van der Waals surface area contributed by atoms with Crippen molar-refractivity contribution in [1.82, 2.24) is 10.2 Å². The van der Waals surface area contributed by atoms with Crippen molar-refractivity contribution in [3.8, 4) is 17.2 Å². The number of amides is 2. The number of urea groups is 1. The zero-order chi connectivity index (χ0) is 22.9. The number of hydrogen-bond acceptors (Lipinski definition) is 4. The lowest BCUT2D eigenvalue weighted by Crippen LogP contribution is -2.40. The third kappa shape index (κ3) is 5.72. The summed E-state index contributed by atoms with van der Waals surface area (Å²) in [6, 6.07) is 23.2. The van der Waals surface area contributed by atoms with Gasteiger partial charge in [-0.3, -0.25) is 0 Å². The molecule has 0 fully saturated rings. The van der Waals surface area contributed by atoms with Gasteiger partial charge in [0.15, 0.2) is 11.5 Å². The molecule has 2 amide bonds. The van der Waals surface area contributed by atoms with Crippen LogP contribution in [0.15, 0.2) is 72.8 Å². The van der Waals surface area contributed by atoms with Crippen LogP contribution in [-0.2, 0) is 13.1 Å². The lowest BCUT2D eigenvalue weighted by molar-refractivity contribution is 0.189. The van der Waals surface area contributed by atoms with E-state index in [4.69, 9.17) is 14.2 Å². The zero-order valence-electron chi connectivity index (χ0n) is 19.0. The van der Waals surface area contributed by atoms with Gasteiger partial charge >= 0.3 is 6.03 Å². The number of benzene rings is 3. The van der Waals surface area contributed by atoms with Crippen molar-refractivity contribution < 1.29 is 19.0 Å². The highest BCUT2D eigenvalue weighted by atomic mass is 16.5. The SMILES string of the molecule is COc1cc(C(C)NC(=O)N(Cc2ccccc2)Cc2ccccc2)cc(OC)c1OC. The first-order chi connectivity index (χ1) is 15.5. The Kier molecular flexibility index (Phi) is 7.97. The molecule has 1 N–H and O–H groups in total. The molecule has 6 nitrogen and oxygen atoms in total. The first kappa shape index (κ1) is 23.0. The molecule has 32 heavy (non-hydrogen) atoms. The molecule has 0 aliphatic carbocycles. The molecule has 0 aliphatic heterocycles. The van der Waals surface area contributed by atoms with E-state index in [0.29, 0.717) is 30.3 Å². The highest BCUT2D eigenvalue weighted by Gasteiger charge is 2.21. The number of carbonyl (C=O) groups excluding carboxylic acids is 1. The molecule has 1 atom stereocenters. The molecule has 0 bridgehead atoms. The number of carbonyl (C=O) groups is 1. The van der Waals surface area contributed by atoms with Gasteiger partial charge in [-0.05, 0) is 35.7 Å². The van der Waals surface area contributed by atoms with E-state index in [1.165, 1.54) is 0 Å². The second kappa shape index (κ2) is 11.1. The van der Waals surface area contributed by atoms with E-state index in [2.05, 4.69) is 5.32 Å². The van der Waals surface area contributed by atoms with Gasteiger partial charge in [0, 0.05) is 13.1 Å². The van der Waals surface area contributed by atoms with Gasteiger partial charge in [0.05, 0.1) is 27.4 Å². The smallest absolute Gasteiger partial charge is 0.318 e. The largest absolute Gasteiger partial charge is 0.493 e. The quantitative estimate of drug-likeness (QED) is 0.504. The lowest BCUT2D eigenvalue weighted by atomic mass is 10.1. The van der Waals surface area contributed by atoms with Crippen LogP contribution in [0, 0.1) is 0 Å². The Hall–Kier alpha value is -3.67. The minimum Gasteiger partial charge on any atom is -0.493 e. The Morgan fingerprint density at radius 1 is 0.812 bits per heavy atom. The highest BCUT2D eigenvalue weighted by molar-refractivity contribution is 5.75. The van der Waals surface area contributed by atoms with E-state index in [0.717, 1.165) is 16.7 Å². The van der Waals surface area contributed by atoms with Crippen molar-refractivity contribution in [1.29, 1.82) is 0 Å².